The summed E-state index contributed by atoms with van der Waals surface area (Å²) in [5.41, 5.74) is -0.747. The molecule has 0 radical (unpaired) electrons. The first-order chi connectivity index (χ1) is 6.17. The third kappa shape index (κ3) is 2.27. The predicted octanol–water partition coefficient (Wildman–Crippen LogP) is 2.14. The molecule has 3 nitrogen and oxygen atoms in total. The second-order valence-electron chi connectivity index (χ2n) is 5.37. The molecule has 0 N–H and O–H groups in total. The first-order valence-corrected chi connectivity index (χ1v) is 5.07. The van der Waals surface area contributed by atoms with Crippen molar-refractivity contribution >= 4 is 5.97 Å². The van der Waals surface area contributed by atoms with Crippen LogP contribution in [0.2, 0.25) is 0 Å². The van der Waals surface area contributed by atoms with Gasteiger partial charge in [-0.25, -0.2) is 4.79 Å². The summed E-state index contributed by atoms with van der Waals surface area (Å²) in [4.78, 5) is 11.6. The quantitative estimate of drug-likeness (QED) is 0.506. The molecular weight excluding hydrogens is 180 g/mol. The number of esters is 1. The maximum absolute atomic E-state index is 11.6. The molecule has 0 aromatic rings. The van der Waals surface area contributed by atoms with Crippen LogP contribution in [0.25, 0.3) is 0 Å². The number of carbonyl (C=O) groups excluding carboxylic acids is 1. The summed E-state index contributed by atoms with van der Waals surface area (Å²) in [6.45, 7) is 11.6. The lowest BCUT2D eigenvalue weighted by molar-refractivity contribution is -0.156. The Labute approximate surface area is 85.8 Å². The Bertz CT molecular complexity index is 239. The zero-order chi connectivity index (χ0) is 11.1. The smallest absolute Gasteiger partial charge is 0.338 e. The van der Waals surface area contributed by atoms with Crippen LogP contribution in [-0.2, 0) is 14.3 Å². The van der Waals surface area contributed by atoms with Gasteiger partial charge in [-0.1, -0.05) is 13.8 Å². The molecular formula is C11H20O3. The van der Waals surface area contributed by atoms with Crippen molar-refractivity contribution in [3.63, 3.8) is 0 Å². The van der Waals surface area contributed by atoms with Crippen molar-refractivity contribution in [2.24, 2.45) is 5.92 Å². The molecule has 0 aliphatic carbocycles. The Morgan fingerprint density at radius 1 is 1.43 bits per heavy atom. The van der Waals surface area contributed by atoms with E-state index in [9.17, 15) is 4.79 Å². The number of ether oxygens (including phenoxy) is 2. The van der Waals surface area contributed by atoms with Crippen molar-refractivity contribution in [3.8, 4) is 0 Å². The Morgan fingerprint density at radius 3 is 2.21 bits per heavy atom. The minimum absolute atomic E-state index is 0.242. The Hall–Kier alpha value is -0.570. The van der Waals surface area contributed by atoms with E-state index in [0.717, 1.165) is 0 Å². The van der Waals surface area contributed by atoms with Crippen molar-refractivity contribution in [1.29, 1.82) is 0 Å². The van der Waals surface area contributed by atoms with Gasteiger partial charge in [-0.15, -0.1) is 0 Å². The van der Waals surface area contributed by atoms with Crippen LogP contribution in [0.3, 0.4) is 0 Å². The lowest BCUT2D eigenvalue weighted by atomic mass is 9.94. The van der Waals surface area contributed by atoms with Crippen molar-refractivity contribution in [3.05, 3.63) is 0 Å². The van der Waals surface area contributed by atoms with E-state index in [4.69, 9.17) is 9.47 Å². The summed E-state index contributed by atoms with van der Waals surface area (Å²) in [6, 6.07) is 0. The van der Waals surface area contributed by atoms with Gasteiger partial charge in [0.1, 0.15) is 11.2 Å². The molecule has 0 saturated carbocycles. The highest BCUT2D eigenvalue weighted by Gasteiger charge is 2.60. The number of carbonyl (C=O) groups is 1. The molecule has 2 unspecified atom stereocenters. The normalized spacial score (nSPS) is 31.8. The minimum Gasteiger partial charge on any atom is -0.458 e. The van der Waals surface area contributed by atoms with Crippen molar-refractivity contribution < 1.29 is 14.3 Å². The third-order valence-electron chi connectivity index (χ3n) is 2.60. The van der Waals surface area contributed by atoms with Gasteiger partial charge in [0.25, 0.3) is 0 Å². The summed E-state index contributed by atoms with van der Waals surface area (Å²) >= 11 is 0. The zero-order valence-electron chi connectivity index (χ0n) is 9.88. The SMILES string of the molecule is CC(C)C1(C)OC1C(=O)OC(C)(C)C. The second-order valence-corrected chi connectivity index (χ2v) is 5.37. The molecule has 1 rings (SSSR count). The van der Waals surface area contributed by atoms with Crippen LogP contribution in [0, 0.1) is 5.92 Å². The van der Waals surface area contributed by atoms with Gasteiger partial charge in [-0.3, -0.25) is 0 Å². The van der Waals surface area contributed by atoms with Crippen LogP contribution in [0.5, 0.6) is 0 Å². The summed E-state index contributed by atoms with van der Waals surface area (Å²) < 4.78 is 10.6. The van der Waals surface area contributed by atoms with E-state index in [1.54, 1.807) is 0 Å². The van der Waals surface area contributed by atoms with E-state index in [2.05, 4.69) is 0 Å². The Balaban J connectivity index is 2.52. The molecule has 1 fully saturated rings. The van der Waals surface area contributed by atoms with Gasteiger partial charge in [0, 0.05) is 0 Å². The molecule has 1 aliphatic heterocycles. The van der Waals surface area contributed by atoms with Gasteiger partial charge in [-0.2, -0.15) is 0 Å². The van der Waals surface area contributed by atoms with Gasteiger partial charge in [0.05, 0.1) is 0 Å². The first-order valence-electron chi connectivity index (χ1n) is 5.07. The van der Waals surface area contributed by atoms with E-state index < -0.39 is 5.60 Å². The highest BCUT2D eigenvalue weighted by atomic mass is 16.7. The molecule has 2 atom stereocenters. The number of epoxide rings is 1. The number of rotatable bonds is 2. The van der Waals surface area contributed by atoms with E-state index in [0.29, 0.717) is 5.92 Å². The number of hydrogen-bond donors (Lipinski definition) is 0. The predicted molar refractivity (Wildman–Crippen MR) is 54.0 cm³/mol. The molecule has 3 heteroatoms. The molecule has 14 heavy (non-hydrogen) atoms. The lowest BCUT2D eigenvalue weighted by Gasteiger charge is -2.19. The fourth-order valence-corrected chi connectivity index (χ4v) is 1.30. The fourth-order valence-electron chi connectivity index (χ4n) is 1.30. The van der Waals surface area contributed by atoms with E-state index in [-0.39, 0.29) is 17.7 Å². The third-order valence-corrected chi connectivity index (χ3v) is 2.60. The Morgan fingerprint density at radius 2 is 1.93 bits per heavy atom. The van der Waals surface area contributed by atoms with Gasteiger partial charge >= 0.3 is 5.97 Å². The molecule has 0 aromatic heterocycles. The van der Waals surface area contributed by atoms with Crippen LogP contribution in [-0.4, -0.2) is 23.3 Å². The second kappa shape index (κ2) is 3.23. The minimum atomic E-state index is -0.430. The Kier molecular flexibility index (Phi) is 2.65. The molecule has 1 aliphatic rings. The van der Waals surface area contributed by atoms with Crippen molar-refractivity contribution in [2.45, 2.75) is 58.8 Å². The molecule has 0 aromatic carbocycles. The van der Waals surface area contributed by atoms with Crippen LogP contribution in [0.4, 0.5) is 0 Å². The highest BCUT2D eigenvalue weighted by Crippen LogP contribution is 2.43. The highest BCUT2D eigenvalue weighted by molar-refractivity contribution is 5.79. The van der Waals surface area contributed by atoms with Gasteiger partial charge in [0.15, 0.2) is 6.10 Å². The fraction of sp³-hybridized carbons (Fsp3) is 0.909. The number of hydrogen-bond acceptors (Lipinski definition) is 3. The monoisotopic (exact) mass is 200 g/mol. The van der Waals surface area contributed by atoms with Crippen LogP contribution in [0.15, 0.2) is 0 Å². The van der Waals surface area contributed by atoms with Gasteiger partial charge in [0.2, 0.25) is 0 Å². The average molecular weight is 200 g/mol. The van der Waals surface area contributed by atoms with Crippen LogP contribution < -0.4 is 0 Å². The molecule has 82 valence electrons. The van der Waals surface area contributed by atoms with Crippen molar-refractivity contribution in [2.75, 3.05) is 0 Å². The summed E-state index contributed by atoms with van der Waals surface area (Å²) in [5, 5.41) is 0. The maximum atomic E-state index is 11.6. The molecule has 0 amide bonds. The molecule has 0 spiro atoms. The molecule has 1 heterocycles. The van der Waals surface area contributed by atoms with E-state index >= 15 is 0 Å². The largest absolute Gasteiger partial charge is 0.458 e. The maximum Gasteiger partial charge on any atom is 0.338 e. The standard InChI is InChI=1S/C11H20O3/c1-7(2)11(6)8(13-11)9(12)14-10(3,4)5/h7-8H,1-6H3. The summed E-state index contributed by atoms with van der Waals surface area (Å²) in [5.74, 6) is 0.0914. The van der Waals surface area contributed by atoms with E-state index in [1.165, 1.54) is 0 Å². The van der Waals surface area contributed by atoms with Crippen LogP contribution >= 0.6 is 0 Å². The molecule has 1 saturated heterocycles. The van der Waals surface area contributed by atoms with E-state index in [1.807, 2.05) is 41.5 Å². The average Bonchev–Trinajstić information content (AvgIpc) is 2.60. The van der Waals surface area contributed by atoms with Gasteiger partial charge in [-0.05, 0) is 33.6 Å². The van der Waals surface area contributed by atoms with Crippen molar-refractivity contribution in [1.82, 2.24) is 0 Å². The molecule has 0 bridgehead atoms. The zero-order valence-corrected chi connectivity index (χ0v) is 9.88. The first kappa shape index (κ1) is 11.5. The summed E-state index contributed by atoms with van der Waals surface area (Å²) in [7, 11) is 0. The topological polar surface area (TPSA) is 38.8 Å². The lowest BCUT2D eigenvalue weighted by Crippen LogP contribution is -2.31. The summed E-state index contributed by atoms with van der Waals surface area (Å²) in [6.07, 6.45) is -0.373. The van der Waals surface area contributed by atoms with Crippen LogP contribution in [0.1, 0.15) is 41.5 Å². The van der Waals surface area contributed by atoms with Gasteiger partial charge < -0.3 is 9.47 Å².